The van der Waals surface area contributed by atoms with E-state index in [0.717, 1.165) is 27.8 Å². The van der Waals surface area contributed by atoms with Gasteiger partial charge in [0.2, 0.25) is 0 Å². The number of aromatic nitrogens is 1. The third kappa shape index (κ3) is 2.91. The SMILES string of the molecule is Cc1cc(C2CN(C(=O)c3oc4ccccc4c3C)CCO2)ccn1. The monoisotopic (exact) mass is 336 g/mol. The molecule has 1 amide bonds. The van der Waals surface area contributed by atoms with Gasteiger partial charge in [-0.05, 0) is 37.6 Å². The summed E-state index contributed by atoms with van der Waals surface area (Å²) in [5.41, 5.74) is 3.63. The van der Waals surface area contributed by atoms with E-state index in [4.69, 9.17) is 9.15 Å². The van der Waals surface area contributed by atoms with E-state index in [1.165, 1.54) is 0 Å². The minimum absolute atomic E-state index is 0.0761. The molecule has 5 heteroatoms. The van der Waals surface area contributed by atoms with Gasteiger partial charge in [0.15, 0.2) is 5.76 Å². The molecule has 1 aromatic carbocycles. The van der Waals surface area contributed by atoms with Gasteiger partial charge in [-0.2, -0.15) is 0 Å². The molecule has 1 saturated heterocycles. The molecule has 1 aliphatic heterocycles. The van der Waals surface area contributed by atoms with Crippen LogP contribution in [0.5, 0.6) is 0 Å². The Kier molecular flexibility index (Phi) is 4.01. The second kappa shape index (κ2) is 6.33. The summed E-state index contributed by atoms with van der Waals surface area (Å²) in [6.07, 6.45) is 1.64. The Morgan fingerprint density at radius 1 is 1.24 bits per heavy atom. The fourth-order valence-electron chi connectivity index (χ4n) is 3.33. The van der Waals surface area contributed by atoms with Crippen molar-refractivity contribution in [1.29, 1.82) is 0 Å². The maximum atomic E-state index is 13.0. The maximum Gasteiger partial charge on any atom is 0.290 e. The number of carbonyl (C=O) groups is 1. The van der Waals surface area contributed by atoms with Crippen molar-refractivity contribution < 1.29 is 13.9 Å². The van der Waals surface area contributed by atoms with Crippen molar-refractivity contribution in [2.45, 2.75) is 20.0 Å². The number of benzene rings is 1. The van der Waals surface area contributed by atoms with E-state index in [9.17, 15) is 4.79 Å². The van der Waals surface area contributed by atoms with E-state index >= 15 is 0 Å². The van der Waals surface area contributed by atoms with Crippen LogP contribution >= 0.6 is 0 Å². The molecule has 3 aromatic rings. The van der Waals surface area contributed by atoms with Crippen LogP contribution in [0.3, 0.4) is 0 Å². The number of para-hydroxylation sites is 1. The topological polar surface area (TPSA) is 55.6 Å². The van der Waals surface area contributed by atoms with Crippen LogP contribution in [0, 0.1) is 13.8 Å². The first kappa shape index (κ1) is 15.8. The number of rotatable bonds is 2. The minimum atomic E-state index is -0.135. The van der Waals surface area contributed by atoms with Crippen molar-refractivity contribution in [3.63, 3.8) is 0 Å². The lowest BCUT2D eigenvalue weighted by Gasteiger charge is -2.32. The zero-order valence-corrected chi connectivity index (χ0v) is 14.4. The van der Waals surface area contributed by atoms with Crippen LogP contribution in [0.2, 0.25) is 0 Å². The Labute approximate surface area is 146 Å². The molecule has 128 valence electrons. The van der Waals surface area contributed by atoms with Crippen molar-refractivity contribution in [3.05, 3.63) is 65.2 Å². The Bertz CT molecular complexity index is 932. The summed E-state index contributed by atoms with van der Waals surface area (Å²) >= 11 is 0. The normalized spacial score (nSPS) is 17.8. The van der Waals surface area contributed by atoms with Gasteiger partial charge in [-0.3, -0.25) is 9.78 Å². The zero-order chi connectivity index (χ0) is 17.4. The number of carbonyl (C=O) groups excluding carboxylic acids is 1. The second-order valence-corrected chi connectivity index (χ2v) is 6.39. The smallest absolute Gasteiger partial charge is 0.290 e. The number of ether oxygens (including phenoxy) is 1. The number of furan rings is 1. The van der Waals surface area contributed by atoms with Gasteiger partial charge >= 0.3 is 0 Å². The van der Waals surface area contributed by atoms with Gasteiger partial charge in [0.25, 0.3) is 5.91 Å². The molecule has 1 atom stereocenters. The van der Waals surface area contributed by atoms with Crippen molar-refractivity contribution in [1.82, 2.24) is 9.88 Å². The summed E-state index contributed by atoms with van der Waals surface area (Å²) in [6, 6.07) is 11.7. The van der Waals surface area contributed by atoms with Crippen LogP contribution in [0.15, 0.2) is 47.0 Å². The first-order valence-corrected chi connectivity index (χ1v) is 8.45. The third-order valence-corrected chi connectivity index (χ3v) is 4.68. The molecule has 0 bridgehead atoms. The van der Waals surface area contributed by atoms with Gasteiger partial charge in [0.05, 0.1) is 13.2 Å². The molecule has 1 aliphatic rings. The van der Waals surface area contributed by atoms with Gasteiger partial charge in [0, 0.05) is 29.4 Å². The van der Waals surface area contributed by atoms with E-state index in [1.54, 1.807) is 6.20 Å². The molecule has 1 unspecified atom stereocenters. The second-order valence-electron chi connectivity index (χ2n) is 6.39. The Morgan fingerprint density at radius 3 is 2.88 bits per heavy atom. The van der Waals surface area contributed by atoms with Gasteiger partial charge in [-0.1, -0.05) is 18.2 Å². The van der Waals surface area contributed by atoms with Gasteiger partial charge < -0.3 is 14.1 Å². The van der Waals surface area contributed by atoms with E-state index in [2.05, 4.69) is 4.98 Å². The van der Waals surface area contributed by atoms with Crippen molar-refractivity contribution in [2.24, 2.45) is 0 Å². The highest BCUT2D eigenvalue weighted by molar-refractivity contribution is 5.99. The summed E-state index contributed by atoms with van der Waals surface area (Å²) < 4.78 is 11.7. The summed E-state index contributed by atoms with van der Waals surface area (Å²) in [5, 5.41) is 0.986. The quantitative estimate of drug-likeness (QED) is 0.717. The summed E-state index contributed by atoms with van der Waals surface area (Å²) in [7, 11) is 0. The van der Waals surface area contributed by atoms with Gasteiger partial charge in [-0.25, -0.2) is 0 Å². The van der Waals surface area contributed by atoms with Gasteiger partial charge in [-0.15, -0.1) is 0 Å². The number of pyridine rings is 1. The molecule has 0 aliphatic carbocycles. The number of fused-ring (bicyclic) bond motifs is 1. The number of hydrogen-bond acceptors (Lipinski definition) is 4. The van der Waals surface area contributed by atoms with Crippen LogP contribution in [-0.4, -0.2) is 35.5 Å². The molecule has 0 saturated carbocycles. The molecule has 25 heavy (non-hydrogen) atoms. The molecule has 0 radical (unpaired) electrons. The van der Waals surface area contributed by atoms with Gasteiger partial charge in [0.1, 0.15) is 11.7 Å². The first-order valence-electron chi connectivity index (χ1n) is 8.45. The summed E-state index contributed by atoms with van der Waals surface area (Å²) in [4.78, 5) is 19.0. The Hall–Kier alpha value is -2.66. The van der Waals surface area contributed by atoms with Crippen molar-refractivity contribution in [3.8, 4) is 0 Å². The van der Waals surface area contributed by atoms with Crippen LogP contribution in [-0.2, 0) is 4.74 Å². The maximum absolute atomic E-state index is 13.0. The zero-order valence-electron chi connectivity index (χ0n) is 14.4. The molecule has 0 spiro atoms. The minimum Gasteiger partial charge on any atom is -0.451 e. The van der Waals surface area contributed by atoms with Crippen molar-refractivity contribution in [2.75, 3.05) is 19.7 Å². The highest BCUT2D eigenvalue weighted by Gasteiger charge is 2.29. The first-order chi connectivity index (χ1) is 12.1. The standard InChI is InChI=1S/C20H20N2O3/c1-13-11-15(7-8-21-13)18-12-22(9-10-24-18)20(23)19-14(2)16-5-3-4-6-17(16)25-19/h3-8,11,18H,9-10,12H2,1-2H3. The lowest BCUT2D eigenvalue weighted by Crippen LogP contribution is -2.42. The van der Waals surface area contributed by atoms with E-state index < -0.39 is 0 Å². The molecule has 4 rings (SSSR count). The van der Waals surface area contributed by atoms with E-state index in [-0.39, 0.29) is 12.0 Å². The summed E-state index contributed by atoms with van der Waals surface area (Å²) in [5.74, 6) is 0.348. The predicted octanol–water partition coefficient (Wildman–Crippen LogP) is 3.66. The van der Waals surface area contributed by atoms with Crippen molar-refractivity contribution >= 4 is 16.9 Å². The molecule has 3 heterocycles. The predicted molar refractivity (Wildman–Crippen MR) is 94.5 cm³/mol. The van der Waals surface area contributed by atoms with E-state index in [1.807, 2.05) is 55.1 Å². The Morgan fingerprint density at radius 2 is 2.08 bits per heavy atom. The fraction of sp³-hybridized carbons (Fsp3) is 0.300. The molecule has 5 nitrogen and oxygen atoms in total. The largest absolute Gasteiger partial charge is 0.451 e. The third-order valence-electron chi connectivity index (χ3n) is 4.68. The summed E-state index contributed by atoms with van der Waals surface area (Å²) in [6.45, 7) is 5.47. The molecule has 2 aromatic heterocycles. The van der Waals surface area contributed by atoms with Crippen LogP contribution in [0.4, 0.5) is 0 Å². The number of aryl methyl sites for hydroxylation is 2. The highest BCUT2D eigenvalue weighted by Crippen LogP contribution is 2.28. The molecule has 0 N–H and O–H groups in total. The number of nitrogens with zero attached hydrogens (tertiary/aromatic N) is 2. The number of amides is 1. The average molecular weight is 336 g/mol. The number of hydrogen-bond donors (Lipinski definition) is 0. The highest BCUT2D eigenvalue weighted by atomic mass is 16.5. The average Bonchev–Trinajstić information content (AvgIpc) is 2.98. The van der Waals surface area contributed by atoms with Crippen LogP contribution in [0.25, 0.3) is 11.0 Å². The molecular weight excluding hydrogens is 316 g/mol. The lowest BCUT2D eigenvalue weighted by molar-refractivity contribution is -0.0238. The van der Waals surface area contributed by atoms with Crippen LogP contribution < -0.4 is 0 Å². The van der Waals surface area contributed by atoms with Crippen LogP contribution in [0.1, 0.15) is 33.5 Å². The lowest BCUT2D eigenvalue weighted by atomic mass is 10.1. The molecule has 1 fully saturated rings. The van der Waals surface area contributed by atoms with E-state index in [0.29, 0.717) is 25.5 Å². The fourth-order valence-corrected chi connectivity index (χ4v) is 3.33. The molecular formula is C20H20N2O3. The number of morpholine rings is 1. The Balaban J connectivity index is 1.60.